The maximum atomic E-state index is 6.64. The van der Waals surface area contributed by atoms with E-state index in [0.717, 1.165) is 42.0 Å². The Hall–Kier alpha value is -5.69. The van der Waals surface area contributed by atoms with Crippen LogP contribution in [0.3, 0.4) is 0 Å². The van der Waals surface area contributed by atoms with E-state index in [1.165, 1.54) is 44.7 Å². The van der Waals surface area contributed by atoms with Gasteiger partial charge in [-0.2, -0.15) is 0 Å². The zero-order valence-corrected chi connectivity index (χ0v) is 28.3. The summed E-state index contributed by atoms with van der Waals surface area (Å²) in [6.45, 7) is 2.26. The number of para-hydroxylation sites is 1. The molecule has 2 aliphatic heterocycles. The molecule has 0 radical (unpaired) electrons. The number of benzene rings is 5. The van der Waals surface area contributed by atoms with Crippen molar-refractivity contribution in [2.24, 2.45) is 16.8 Å². The minimum absolute atomic E-state index is 0.191. The van der Waals surface area contributed by atoms with Crippen LogP contribution in [0.4, 0.5) is 0 Å². The molecule has 0 N–H and O–H groups in total. The van der Waals surface area contributed by atoms with Gasteiger partial charge in [0, 0.05) is 40.7 Å². The average molecular weight is 646 g/mol. The minimum Gasteiger partial charge on any atom is -0.461 e. The van der Waals surface area contributed by atoms with Crippen molar-refractivity contribution in [1.29, 1.82) is 0 Å². The molecule has 2 heteroatoms. The van der Waals surface area contributed by atoms with Crippen molar-refractivity contribution in [2.45, 2.75) is 37.5 Å². The summed E-state index contributed by atoms with van der Waals surface area (Å²) in [5.74, 6) is 2.88. The molecule has 242 valence electrons. The summed E-state index contributed by atoms with van der Waals surface area (Å²) in [6, 6.07) is 48.3. The molecule has 5 aromatic rings. The van der Waals surface area contributed by atoms with Crippen molar-refractivity contribution in [1.82, 2.24) is 0 Å². The van der Waals surface area contributed by atoms with Crippen molar-refractivity contribution in [3.63, 3.8) is 0 Å². The Balaban J connectivity index is 1.09. The lowest BCUT2D eigenvalue weighted by atomic mass is 9.62. The molecule has 0 saturated carbocycles. The molecule has 0 fully saturated rings. The van der Waals surface area contributed by atoms with Gasteiger partial charge in [0.05, 0.1) is 5.41 Å². The molecule has 0 aromatic heterocycles. The fraction of sp³-hybridized carbons (Fsp3) is 0.167. The second kappa shape index (κ2) is 12.6. The zero-order chi connectivity index (χ0) is 33.5. The van der Waals surface area contributed by atoms with E-state index in [4.69, 9.17) is 9.73 Å². The Labute approximate surface area is 295 Å². The zero-order valence-electron chi connectivity index (χ0n) is 28.3. The van der Waals surface area contributed by atoms with Gasteiger partial charge in [0.25, 0.3) is 0 Å². The standard InChI is InChI=1S/C48H39NO/c1-33-20-30-43-47(32-33)50-46-19-11-9-17-42(46)48(43,38-14-6-3-7-15-38)39-27-25-35(26-28-39)34-21-23-36(24-22-34)40-29-31-44(37-12-4-2-5-13-37)49-45-18-10-8-16-41(40)45/h2-9,11-17,19-30,33,40-41H,10,18,32H2,1H3. The molecule has 0 saturated heterocycles. The fourth-order valence-corrected chi connectivity index (χ4v) is 8.39. The molecule has 0 bridgehead atoms. The monoisotopic (exact) mass is 645 g/mol. The number of nitrogens with zero attached hydrogens (tertiary/aromatic N) is 1. The quantitative estimate of drug-likeness (QED) is 0.138. The van der Waals surface area contributed by atoms with Crippen LogP contribution in [0.25, 0.3) is 16.8 Å². The molecule has 4 unspecified atom stereocenters. The number of aliphatic imine (C=N–C) groups is 1. The van der Waals surface area contributed by atoms with E-state index in [9.17, 15) is 0 Å². The number of allylic oxidation sites excluding steroid dienone is 7. The van der Waals surface area contributed by atoms with E-state index in [0.29, 0.717) is 5.92 Å². The van der Waals surface area contributed by atoms with E-state index >= 15 is 0 Å². The van der Waals surface area contributed by atoms with Gasteiger partial charge in [-0.05, 0) is 58.7 Å². The van der Waals surface area contributed by atoms with Crippen LogP contribution in [-0.2, 0) is 5.41 Å². The highest BCUT2D eigenvalue weighted by Gasteiger charge is 2.46. The Morgan fingerprint density at radius 1 is 0.680 bits per heavy atom. The van der Waals surface area contributed by atoms with E-state index < -0.39 is 5.41 Å². The van der Waals surface area contributed by atoms with Gasteiger partial charge in [-0.25, -0.2) is 4.99 Å². The lowest BCUT2D eigenvalue weighted by Gasteiger charge is -2.43. The third kappa shape index (κ3) is 5.16. The van der Waals surface area contributed by atoms with Crippen molar-refractivity contribution in [3.8, 4) is 16.9 Å². The lowest BCUT2D eigenvalue weighted by molar-refractivity contribution is 0.347. The van der Waals surface area contributed by atoms with Gasteiger partial charge in [0.15, 0.2) is 0 Å². The molecular weight excluding hydrogens is 607 g/mol. The van der Waals surface area contributed by atoms with Gasteiger partial charge < -0.3 is 4.74 Å². The van der Waals surface area contributed by atoms with Gasteiger partial charge in [0.1, 0.15) is 17.2 Å². The van der Waals surface area contributed by atoms with Crippen molar-refractivity contribution < 1.29 is 4.74 Å². The molecule has 9 rings (SSSR count). The summed E-state index contributed by atoms with van der Waals surface area (Å²) in [6.07, 6.45) is 14.5. The molecule has 2 aliphatic carbocycles. The van der Waals surface area contributed by atoms with Gasteiger partial charge in [-0.15, -0.1) is 0 Å². The van der Waals surface area contributed by atoms with E-state index in [2.05, 4.69) is 176 Å². The highest BCUT2D eigenvalue weighted by atomic mass is 16.5. The third-order valence-corrected chi connectivity index (χ3v) is 10.9. The van der Waals surface area contributed by atoms with Crippen LogP contribution >= 0.6 is 0 Å². The predicted octanol–water partition coefficient (Wildman–Crippen LogP) is 11.6. The SMILES string of the molecule is CC1C=CC2=C(C1)Oc1ccccc1C2(c1ccccc1)c1ccc(-c2ccc(C3C=C=C(c4ccccc4)N=C4CCC=CC43)cc2)cc1. The van der Waals surface area contributed by atoms with E-state index in [1.54, 1.807) is 0 Å². The second-order valence-electron chi connectivity index (χ2n) is 13.9. The Bertz CT molecular complexity index is 2250. The van der Waals surface area contributed by atoms with Gasteiger partial charge in [0.2, 0.25) is 0 Å². The summed E-state index contributed by atoms with van der Waals surface area (Å²) >= 11 is 0. The van der Waals surface area contributed by atoms with Crippen molar-refractivity contribution in [3.05, 3.63) is 209 Å². The van der Waals surface area contributed by atoms with Crippen LogP contribution in [0.5, 0.6) is 5.75 Å². The number of fused-ring (bicyclic) bond motifs is 2. The second-order valence-corrected chi connectivity index (χ2v) is 13.9. The Morgan fingerprint density at radius 3 is 2.14 bits per heavy atom. The summed E-state index contributed by atoms with van der Waals surface area (Å²) in [5.41, 5.74) is 15.0. The Morgan fingerprint density at radius 2 is 1.36 bits per heavy atom. The number of ether oxygens (including phenoxy) is 1. The van der Waals surface area contributed by atoms with Crippen molar-refractivity contribution in [2.75, 3.05) is 0 Å². The van der Waals surface area contributed by atoms with Gasteiger partial charge >= 0.3 is 0 Å². The van der Waals surface area contributed by atoms with Crippen LogP contribution in [-0.4, -0.2) is 5.71 Å². The van der Waals surface area contributed by atoms with Crippen LogP contribution in [0.1, 0.15) is 59.9 Å². The first-order valence-corrected chi connectivity index (χ1v) is 17.9. The average Bonchev–Trinajstić information content (AvgIpc) is 3.38. The van der Waals surface area contributed by atoms with E-state index in [1.807, 2.05) is 0 Å². The molecule has 2 heterocycles. The lowest BCUT2D eigenvalue weighted by Crippen LogP contribution is -2.37. The summed E-state index contributed by atoms with van der Waals surface area (Å²) < 4.78 is 6.64. The molecule has 50 heavy (non-hydrogen) atoms. The molecule has 5 aromatic carbocycles. The summed E-state index contributed by atoms with van der Waals surface area (Å²) in [5, 5.41) is 0. The topological polar surface area (TPSA) is 21.6 Å². The molecule has 4 atom stereocenters. The fourth-order valence-electron chi connectivity index (χ4n) is 8.39. The molecule has 2 nitrogen and oxygen atoms in total. The van der Waals surface area contributed by atoms with Crippen molar-refractivity contribution >= 4 is 11.4 Å². The van der Waals surface area contributed by atoms with Crippen LogP contribution < -0.4 is 4.74 Å². The van der Waals surface area contributed by atoms with Gasteiger partial charge in [-0.1, -0.05) is 164 Å². The number of hydrogen-bond donors (Lipinski definition) is 0. The van der Waals surface area contributed by atoms with Crippen LogP contribution in [0.15, 0.2) is 186 Å². The first-order valence-electron chi connectivity index (χ1n) is 17.9. The first kappa shape index (κ1) is 30.4. The minimum atomic E-state index is -0.477. The maximum Gasteiger partial charge on any atom is 0.131 e. The highest BCUT2D eigenvalue weighted by Crippen LogP contribution is 2.54. The smallest absolute Gasteiger partial charge is 0.131 e. The van der Waals surface area contributed by atoms with E-state index in [-0.39, 0.29) is 11.8 Å². The largest absolute Gasteiger partial charge is 0.461 e. The summed E-state index contributed by atoms with van der Waals surface area (Å²) in [4.78, 5) is 5.15. The number of hydrogen-bond acceptors (Lipinski definition) is 2. The maximum absolute atomic E-state index is 6.64. The number of rotatable bonds is 5. The highest BCUT2D eigenvalue weighted by molar-refractivity contribution is 5.95. The molecular formula is C48H39NO. The first-order chi connectivity index (χ1) is 24.7. The summed E-state index contributed by atoms with van der Waals surface area (Å²) in [7, 11) is 0. The molecule has 0 spiro atoms. The molecule has 4 aliphatic rings. The Kier molecular flexibility index (Phi) is 7.68. The molecule has 0 amide bonds. The van der Waals surface area contributed by atoms with Gasteiger partial charge in [-0.3, -0.25) is 0 Å². The van der Waals surface area contributed by atoms with Crippen LogP contribution in [0, 0.1) is 11.8 Å². The van der Waals surface area contributed by atoms with Crippen LogP contribution in [0.2, 0.25) is 0 Å². The third-order valence-electron chi connectivity index (χ3n) is 10.9. The predicted molar refractivity (Wildman–Crippen MR) is 205 cm³/mol. The normalized spacial score (nSPS) is 23.5.